The van der Waals surface area contributed by atoms with E-state index in [1.54, 1.807) is 42.5 Å². The van der Waals surface area contributed by atoms with Crippen molar-refractivity contribution in [1.29, 1.82) is 0 Å². The minimum absolute atomic E-state index is 0.102. The van der Waals surface area contributed by atoms with Crippen LogP contribution >= 0.6 is 0 Å². The summed E-state index contributed by atoms with van der Waals surface area (Å²) in [6.45, 7) is 0. The lowest BCUT2D eigenvalue weighted by atomic mass is 10.2. The number of para-hydroxylation sites is 1. The molecule has 0 aliphatic rings. The number of amides is 1. The topological polar surface area (TPSA) is 116 Å². The number of rotatable bonds is 8. The van der Waals surface area contributed by atoms with Crippen LogP contribution in [0.3, 0.4) is 0 Å². The van der Waals surface area contributed by atoms with Crippen molar-refractivity contribution in [2.75, 3.05) is 21.3 Å². The molecule has 3 aromatic rings. The fraction of sp³-hybridized carbons (Fsp3) is 0.125. The summed E-state index contributed by atoms with van der Waals surface area (Å²) in [7, 11) is 4.41. The van der Waals surface area contributed by atoms with Gasteiger partial charge in [0, 0.05) is 0 Å². The number of hydrogen-bond donors (Lipinski definition) is 2. The normalized spacial score (nSPS) is 10.5. The maximum absolute atomic E-state index is 12.6. The van der Waals surface area contributed by atoms with E-state index in [0.717, 1.165) is 0 Å². The zero-order valence-electron chi connectivity index (χ0n) is 18.2. The molecular weight excluding hydrogens is 428 g/mol. The molecule has 0 fully saturated rings. The summed E-state index contributed by atoms with van der Waals surface area (Å²) in [5.41, 5.74) is 3.29. The predicted octanol–water partition coefficient (Wildman–Crippen LogP) is 3.40. The third-order valence-corrected chi connectivity index (χ3v) is 4.54. The molecule has 0 atom stereocenters. The summed E-state index contributed by atoms with van der Waals surface area (Å²) in [6.07, 6.45) is 1.39. The molecule has 2 N–H and O–H groups in total. The highest BCUT2D eigenvalue weighted by molar-refractivity contribution is 5.97. The molecule has 0 spiro atoms. The molecule has 0 aromatic heterocycles. The van der Waals surface area contributed by atoms with Crippen LogP contribution in [0.25, 0.3) is 0 Å². The van der Waals surface area contributed by atoms with E-state index in [4.69, 9.17) is 18.9 Å². The van der Waals surface area contributed by atoms with E-state index in [9.17, 15) is 14.7 Å². The predicted molar refractivity (Wildman–Crippen MR) is 121 cm³/mol. The van der Waals surface area contributed by atoms with Gasteiger partial charge in [-0.05, 0) is 54.1 Å². The molecule has 0 radical (unpaired) electrons. The number of carbonyl (C=O) groups is 2. The van der Waals surface area contributed by atoms with E-state index in [2.05, 4.69) is 10.5 Å². The molecule has 0 unspecified atom stereocenters. The number of nitrogens with one attached hydrogen (secondary N) is 1. The lowest BCUT2D eigenvalue weighted by Crippen LogP contribution is -2.17. The number of aromatic hydroxyl groups is 1. The molecule has 1 amide bonds. The summed E-state index contributed by atoms with van der Waals surface area (Å²) >= 11 is 0. The van der Waals surface area contributed by atoms with Gasteiger partial charge in [0.05, 0.1) is 38.7 Å². The summed E-state index contributed by atoms with van der Waals surface area (Å²) in [6, 6.07) is 15.6. The van der Waals surface area contributed by atoms with Gasteiger partial charge in [-0.15, -0.1) is 0 Å². The van der Waals surface area contributed by atoms with Gasteiger partial charge in [-0.2, -0.15) is 5.10 Å². The van der Waals surface area contributed by atoms with Crippen LogP contribution in [0.2, 0.25) is 0 Å². The first-order valence-electron chi connectivity index (χ1n) is 9.70. The SMILES string of the molecule is COc1ccc(C(=O)Oc2ccc(/C=N/NC(=O)c3ccccc3O)cc2OC)cc1OC. The molecule has 3 aromatic carbocycles. The molecule has 0 aliphatic heterocycles. The van der Waals surface area contributed by atoms with Crippen molar-refractivity contribution < 1.29 is 33.6 Å². The van der Waals surface area contributed by atoms with Crippen LogP contribution < -0.4 is 24.4 Å². The number of benzene rings is 3. The highest BCUT2D eigenvalue weighted by Crippen LogP contribution is 2.31. The summed E-state index contributed by atoms with van der Waals surface area (Å²) in [5.74, 6) is 0.0728. The van der Waals surface area contributed by atoms with E-state index in [0.29, 0.717) is 22.8 Å². The van der Waals surface area contributed by atoms with Crippen molar-refractivity contribution in [1.82, 2.24) is 5.43 Å². The third-order valence-electron chi connectivity index (χ3n) is 4.54. The van der Waals surface area contributed by atoms with Crippen molar-refractivity contribution in [3.05, 3.63) is 77.4 Å². The smallest absolute Gasteiger partial charge is 0.343 e. The summed E-state index contributed by atoms with van der Waals surface area (Å²) in [5, 5.41) is 13.6. The van der Waals surface area contributed by atoms with Crippen LogP contribution in [-0.4, -0.2) is 44.5 Å². The number of esters is 1. The van der Waals surface area contributed by atoms with E-state index in [-0.39, 0.29) is 22.6 Å². The van der Waals surface area contributed by atoms with E-state index in [1.165, 1.54) is 45.7 Å². The molecule has 170 valence electrons. The van der Waals surface area contributed by atoms with Crippen molar-refractivity contribution >= 4 is 18.1 Å². The number of hydrogen-bond acceptors (Lipinski definition) is 8. The third kappa shape index (κ3) is 5.59. The van der Waals surface area contributed by atoms with Crippen LogP contribution in [0.4, 0.5) is 0 Å². The maximum Gasteiger partial charge on any atom is 0.343 e. The minimum Gasteiger partial charge on any atom is -0.507 e. The fourth-order valence-electron chi connectivity index (χ4n) is 2.86. The highest BCUT2D eigenvalue weighted by Gasteiger charge is 2.15. The van der Waals surface area contributed by atoms with Gasteiger partial charge < -0.3 is 24.1 Å². The fourth-order valence-corrected chi connectivity index (χ4v) is 2.86. The van der Waals surface area contributed by atoms with Gasteiger partial charge in [0.25, 0.3) is 5.91 Å². The van der Waals surface area contributed by atoms with Gasteiger partial charge in [-0.25, -0.2) is 10.2 Å². The van der Waals surface area contributed by atoms with Crippen molar-refractivity contribution in [2.45, 2.75) is 0 Å². The lowest BCUT2D eigenvalue weighted by Gasteiger charge is -2.11. The molecule has 0 saturated carbocycles. The average molecular weight is 450 g/mol. The Labute approximate surface area is 190 Å². The van der Waals surface area contributed by atoms with Gasteiger partial charge in [-0.3, -0.25) is 4.79 Å². The standard InChI is InChI=1S/C24H22N2O7/c1-30-19-11-9-16(13-22(19)32-3)24(29)33-20-10-8-15(12-21(20)31-2)14-25-26-23(28)17-6-4-5-7-18(17)27/h4-14,27H,1-3H3,(H,26,28)/b25-14+. The number of methoxy groups -OCH3 is 3. The Balaban J connectivity index is 1.70. The molecule has 9 heteroatoms. The van der Waals surface area contributed by atoms with Crippen LogP contribution in [0, 0.1) is 0 Å². The first kappa shape index (κ1) is 23.1. The second-order valence-corrected chi connectivity index (χ2v) is 6.59. The van der Waals surface area contributed by atoms with Gasteiger partial charge in [0.1, 0.15) is 5.75 Å². The number of nitrogens with zero attached hydrogens (tertiary/aromatic N) is 1. The van der Waals surface area contributed by atoms with E-state index >= 15 is 0 Å². The number of ether oxygens (including phenoxy) is 4. The van der Waals surface area contributed by atoms with Crippen LogP contribution in [0.15, 0.2) is 65.8 Å². The van der Waals surface area contributed by atoms with Gasteiger partial charge in [-0.1, -0.05) is 12.1 Å². The van der Waals surface area contributed by atoms with Crippen LogP contribution in [-0.2, 0) is 0 Å². The quantitative estimate of drug-likeness (QED) is 0.234. The van der Waals surface area contributed by atoms with Crippen molar-refractivity contribution in [3.63, 3.8) is 0 Å². The summed E-state index contributed by atoms with van der Waals surface area (Å²) in [4.78, 5) is 24.7. The first-order chi connectivity index (χ1) is 16.0. The van der Waals surface area contributed by atoms with Gasteiger partial charge in [0.2, 0.25) is 0 Å². The maximum atomic E-state index is 12.6. The monoisotopic (exact) mass is 450 g/mol. The molecule has 0 bridgehead atoms. The average Bonchev–Trinajstić information content (AvgIpc) is 2.84. The molecule has 9 nitrogen and oxygen atoms in total. The molecular formula is C24H22N2O7. The Hall–Kier alpha value is -4.53. The first-order valence-corrected chi connectivity index (χ1v) is 9.70. The minimum atomic E-state index is -0.606. The largest absolute Gasteiger partial charge is 0.507 e. The molecule has 0 saturated heterocycles. The van der Waals surface area contributed by atoms with Gasteiger partial charge in [0.15, 0.2) is 23.0 Å². The Morgan fingerprint density at radius 3 is 2.21 bits per heavy atom. The number of hydrazone groups is 1. The van der Waals surface area contributed by atoms with Crippen LogP contribution in [0.1, 0.15) is 26.3 Å². The Morgan fingerprint density at radius 2 is 1.52 bits per heavy atom. The zero-order valence-corrected chi connectivity index (χ0v) is 18.2. The molecule has 0 aliphatic carbocycles. The van der Waals surface area contributed by atoms with E-state index < -0.39 is 11.9 Å². The summed E-state index contributed by atoms with van der Waals surface area (Å²) < 4.78 is 21.2. The van der Waals surface area contributed by atoms with Crippen molar-refractivity contribution in [3.8, 4) is 28.7 Å². The highest BCUT2D eigenvalue weighted by atomic mass is 16.6. The van der Waals surface area contributed by atoms with Crippen molar-refractivity contribution in [2.24, 2.45) is 5.10 Å². The van der Waals surface area contributed by atoms with Crippen LogP contribution in [0.5, 0.6) is 28.7 Å². The van der Waals surface area contributed by atoms with E-state index in [1.807, 2.05) is 0 Å². The number of phenolic OH excluding ortho intramolecular Hbond substituents is 1. The van der Waals surface area contributed by atoms with Gasteiger partial charge >= 0.3 is 5.97 Å². The lowest BCUT2D eigenvalue weighted by molar-refractivity contribution is 0.0729. The second kappa shape index (κ2) is 10.7. The molecule has 3 rings (SSSR count). The molecule has 0 heterocycles. The second-order valence-electron chi connectivity index (χ2n) is 6.59. The molecule has 33 heavy (non-hydrogen) atoms. The Morgan fingerprint density at radius 1 is 0.848 bits per heavy atom. The Kier molecular flexibility index (Phi) is 7.48. The number of carbonyl (C=O) groups excluding carboxylic acids is 2. The Bertz CT molecular complexity index is 1190. The number of phenols is 1. The zero-order chi connectivity index (χ0) is 23.8.